The molecule has 19 heavy (non-hydrogen) atoms. The molecule has 2 aromatic rings. The molecule has 0 aliphatic heterocycles. The molecule has 0 fully saturated rings. The Balaban J connectivity index is 2.34. The summed E-state index contributed by atoms with van der Waals surface area (Å²) in [6.45, 7) is 0.0519. The van der Waals surface area contributed by atoms with Crippen molar-refractivity contribution in [3.63, 3.8) is 0 Å². The lowest BCUT2D eigenvalue weighted by molar-refractivity contribution is 0.133. The highest BCUT2D eigenvalue weighted by Gasteiger charge is 2.15. The molecule has 0 unspecified atom stereocenters. The van der Waals surface area contributed by atoms with Crippen LogP contribution in [0.5, 0.6) is 5.75 Å². The largest absolute Gasteiger partial charge is 0.497 e. The molecule has 0 amide bonds. The Morgan fingerprint density at radius 3 is 2.53 bits per heavy atom. The molecule has 0 atom stereocenters. The lowest BCUT2D eigenvalue weighted by Gasteiger charge is -2.11. The van der Waals surface area contributed by atoms with Crippen LogP contribution in [0.15, 0.2) is 41.3 Å². The number of halogens is 2. The molecule has 0 aliphatic rings. The van der Waals surface area contributed by atoms with Crippen molar-refractivity contribution in [3.8, 4) is 5.75 Å². The van der Waals surface area contributed by atoms with Gasteiger partial charge in [0, 0.05) is 12.3 Å². The van der Waals surface area contributed by atoms with Gasteiger partial charge >= 0.3 is 0 Å². The maximum Gasteiger partial charge on any atom is 0.295 e. The number of benzene rings is 1. The minimum atomic E-state index is -2.79. The SMILES string of the molecule is COc1ccc(Cn2c(C(F)F)nccc2=O)cc1. The first-order valence-electron chi connectivity index (χ1n) is 5.58. The summed E-state index contributed by atoms with van der Waals surface area (Å²) in [5.41, 5.74) is 0.221. The van der Waals surface area contributed by atoms with Crippen molar-refractivity contribution in [2.45, 2.75) is 13.0 Å². The highest BCUT2D eigenvalue weighted by molar-refractivity contribution is 5.27. The van der Waals surface area contributed by atoms with Crippen molar-refractivity contribution >= 4 is 0 Å². The number of hydrogen-bond acceptors (Lipinski definition) is 3. The molecule has 0 bridgehead atoms. The predicted octanol–water partition coefficient (Wildman–Crippen LogP) is 2.24. The van der Waals surface area contributed by atoms with E-state index in [0.29, 0.717) is 5.75 Å². The van der Waals surface area contributed by atoms with Crippen LogP contribution in [0, 0.1) is 0 Å². The standard InChI is InChI=1S/C13H12F2N2O2/c1-19-10-4-2-9(3-5-10)8-17-11(18)6-7-16-13(17)12(14)15/h2-7,12H,8H2,1H3. The minimum Gasteiger partial charge on any atom is -0.497 e. The molecule has 1 aromatic carbocycles. The molecule has 0 saturated heterocycles. The third kappa shape index (κ3) is 2.96. The van der Waals surface area contributed by atoms with Crippen molar-refractivity contribution in [1.29, 1.82) is 0 Å². The van der Waals surface area contributed by atoms with Crippen molar-refractivity contribution in [2.75, 3.05) is 7.11 Å². The third-order valence-corrected chi connectivity index (χ3v) is 2.66. The molecular weight excluding hydrogens is 254 g/mol. The van der Waals surface area contributed by atoms with Gasteiger partial charge in [-0.15, -0.1) is 0 Å². The summed E-state index contributed by atoms with van der Waals surface area (Å²) in [6, 6.07) is 8.01. The van der Waals surface area contributed by atoms with Gasteiger partial charge in [0.15, 0.2) is 5.82 Å². The van der Waals surface area contributed by atoms with Crippen molar-refractivity contribution in [3.05, 3.63) is 58.3 Å². The zero-order valence-electron chi connectivity index (χ0n) is 10.2. The Hall–Kier alpha value is -2.24. The Bertz CT molecular complexity index is 609. The molecule has 0 aliphatic carbocycles. The first kappa shape index (κ1) is 13.2. The number of aromatic nitrogens is 2. The van der Waals surface area contributed by atoms with E-state index in [1.807, 2.05) is 0 Å². The van der Waals surface area contributed by atoms with Crippen LogP contribution in [0.4, 0.5) is 8.78 Å². The van der Waals surface area contributed by atoms with Gasteiger partial charge in [0.2, 0.25) is 0 Å². The zero-order chi connectivity index (χ0) is 13.8. The zero-order valence-corrected chi connectivity index (χ0v) is 10.2. The average molecular weight is 266 g/mol. The molecule has 0 spiro atoms. The van der Waals surface area contributed by atoms with Gasteiger partial charge in [-0.25, -0.2) is 13.8 Å². The molecule has 0 saturated carbocycles. The van der Waals surface area contributed by atoms with Gasteiger partial charge < -0.3 is 4.74 Å². The highest BCUT2D eigenvalue weighted by atomic mass is 19.3. The summed E-state index contributed by atoms with van der Waals surface area (Å²) in [5.74, 6) is 0.139. The summed E-state index contributed by atoms with van der Waals surface area (Å²) >= 11 is 0. The number of rotatable bonds is 4. The normalized spacial score (nSPS) is 10.7. The fourth-order valence-corrected chi connectivity index (χ4v) is 1.70. The molecule has 0 radical (unpaired) electrons. The number of hydrogen-bond donors (Lipinski definition) is 0. The maximum absolute atomic E-state index is 12.8. The number of ether oxygens (including phenoxy) is 1. The number of nitrogens with zero attached hydrogens (tertiary/aromatic N) is 2. The van der Waals surface area contributed by atoms with E-state index in [1.165, 1.54) is 7.11 Å². The van der Waals surface area contributed by atoms with Gasteiger partial charge in [-0.1, -0.05) is 12.1 Å². The molecule has 0 N–H and O–H groups in total. The van der Waals surface area contributed by atoms with Crippen LogP contribution in [0.1, 0.15) is 17.8 Å². The minimum absolute atomic E-state index is 0.0519. The second kappa shape index (κ2) is 5.60. The maximum atomic E-state index is 12.8. The summed E-state index contributed by atoms with van der Waals surface area (Å²) in [6.07, 6.45) is -1.69. The predicted molar refractivity (Wildman–Crippen MR) is 65.6 cm³/mol. The van der Waals surface area contributed by atoms with E-state index >= 15 is 0 Å². The van der Waals surface area contributed by atoms with E-state index < -0.39 is 17.8 Å². The van der Waals surface area contributed by atoms with Crippen molar-refractivity contribution in [1.82, 2.24) is 9.55 Å². The van der Waals surface area contributed by atoms with Crippen molar-refractivity contribution in [2.24, 2.45) is 0 Å². The van der Waals surface area contributed by atoms with E-state index in [2.05, 4.69) is 4.98 Å². The molecular formula is C13H12F2N2O2. The first-order valence-corrected chi connectivity index (χ1v) is 5.58. The van der Waals surface area contributed by atoms with Crippen LogP contribution in [-0.4, -0.2) is 16.7 Å². The summed E-state index contributed by atoms with van der Waals surface area (Å²) < 4.78 is 31.5. The summed E-state index contributed by atoms with van der Waals surface area (Å²) in [5, 5.41) is 0. The second-order valence-electron chi connectivity index (χ2n) is 3.88. The van der Waals surface area contributed by atoms with Crippen LogP contribution >= 0.6 is 0 Å². The fraction of sp³-hybridized carbons (Fsp3) is 0.231. The molecule has 100 valence electrons. The van der Waals surface area contributed by atoms with Gasteiger partial charge in [0.1, 0.15) is 5.75 Å². The van der Waals surface area contributed by atoms with Crippen LogP contribution < -0.4 is 10.3 Å². The van der Waals surface area contributed by atoms with Gasteiger partial charge in [0.05, 0.1) is 13.7 Å². The van der Waals surface area contributed by atoms with E-state index in [1.54, 1.807) is 24.3 Å². The van der Waals surface area contributed by atoms with Gasteiger partial charge in [-0.3, -0.25) is 9.36 Å². The molecule has 4 nitrogen and oxygen atoms in total. The van der Waals surface area contributed by atoms with Crippen LogP contribution in [-0.2, 0) is 6.54 Å². The van der Waals surface area contributed by atoms with Crippen LogP contribution in [0.2, 0.25) is 0 Å². The highest BCUT2D eigenvalue weighted by Crippen LogP contribution is 2.16. The monoisotopic (exact) mass is 266 g/mol. The van der Waals surface area contributed by atoms with E-state index in [-0.39, 0.29) is 6.54 Å². The summed E-state index contributed by atoms with van der Waals surface area (Å²) in [4.78, 5) is 15.2. The van der Waals surface area contributed by atoms with E-state index in [9.17, 15) is 13.6 Å². The molecule has 1 aromatic heterocycles. The molecule has 1 heterocycles. The Labute approximate surface area is 108 Å². The third-order valence-electron chi connectivity index (χ3n) is 2.66. The van der Waals surface area contributed by atoms with Gasteiger partial charge in [-0.2, -0.15) is 0 Å². The van der Waals surface area contributed by atoms with Gasteiger partial charge in [0.25, 0.3) is 12.0 Å². The lowest BCUT2D eigenvalue weighted by atomic mass is 10.2. The van der Waals surface area contributed by atoms with E-state index in [0.717, 1.165) is 22.4 Å². The lowest BCUT2D eigenvalue weighted by Crippen LogP contribution is -2.24. The number of alkyl halides is 2. The average Bonchev–Trinajstić information content (AvgIpc) is 2.41. The Morgan fingerprint density at radius 1 is 1.26 bits per heavy atom. The second-order valence-corrected chi connectivity index (χ2v) is 3.88. The summed E-state index contributed by atoms with van der Waals surface area (Å²) in [7, 11) is 1.54. The first-order chi connectivity index (χ1) is 9.11. The fourth-order valence-electron chi connectivity index (χ4n) is 1.70. The Kier molecular flexibility index (Phi) is 3.89. The smallest absolute Gasteiger partial charge is 0.295 e. The topological polar surface area (TPSA) is 44.1 Å². The quantitative estimate of drug-likeness (QED) is 0.852. The van der Waals surface area contributed by atoms with E-state index in [4.69, 9.17) is 4.74 Å². The molecule has 6 heteroatoms. The van der Waals surface area contributed by atoms with Gasteiger partial charge in [-0.05, 0) is 17.7 Å². The Morgan fingerprint density at radius 2 is 1.95 bits per heavy atom. The van der Waals surface area contributed by atoms with Crippen LogP contribution in [0.3, 0.4) is 0 Å². The van der Waals surface area contributed by atoms with Crippen molar-refractivity contribution < 1.29 is 13.5 Å². The number of methoxy groups -OCH3 is 1. The molecule has 2 rings (SSSR count). The van der Waals surface area contributed by atoms with Crippen LogP contribution in [0.25, 0.3) is 0 Å².